The number of nitrogens with one attached hydrogen (secondary N) is 2. The Morgan fingerprint density at radius 3 is 2.52 bits per heavy atom. The molecular weight excluding hydrogens is 292 g/mol. The fourth-order valence-corrected chi connectivity index (χ4v) is 3.27. The van der Waals surface area contributed by atoms with Gasteiger partial charge in [0.2, 0.25) is 5.91 Å². The molecule has 23 heavy (non-hydrogen) atoms. The first kappa shape index (κ1) is 19.9. The van der Waals surface area contributed by atoms with Gasteiger partial charge in [-0.05, 0) is 31.7 Å². The molecule has 0 aliphatic carbocycles. The van der Waals surface area contributed by atoms with Crippen LogP contribution in [0.1, 0.15) is 71.1 Å². The second-order valence-corrected chi connectivity index (χ2v) is 6.72. The largest absolute Gasteiger partial charge is 0.481 e. The average Bonchev–Trinajstić information content (AvgIpc) is 2.98. The molecule has 0 saturated carbocycles. The molecule has 1 heterocycles. The van der Waals surface area contributed by atoms with E-state index in [1.165, 1.54) is 19.3 Å². The van der Waals surface area contributed by atoms with E-state index in [4.69, 9.17) is 5.11 Å². The van der Waals surface area contributed by atoms with Crippen molar-refractivity contribution in [1.29, 1.82) is 0 Å². The number of carbonyl (C=O) groups excluding carboxylic acids is 1. The van der Waals surface area contributed by atoms with E-state index in [1.54, 1.807) is 0 Å². The van der Waals surface area contributed by atoms with Crippen molar-refractivity contribution in [3.8, 4) is 0 Å². The summed E-state index contributed by atoms with van der Waals surface area (Å²) in [6.07, 6.45) is 9.96. The normalized spacial score (nSPS) is 20.6. The number of carbonyl (C=O) groups is 2. The summed E-state index contributed by atoms with van der Waals surface area (Å²) in [7, 11) is 0. The third-order valence-electron chi connectivity index (χ3n) is 4.72. The third-order valence-corrected chi connectivity index (χ3v) is 4.72. The first-order valence-electron chi connectivity index (χ1n) is 9.35. The van der Waals surface area contributed by atoms with Gasteiger partial charge in [-0.3, -0.25) is 9.59 Å². The fourth-order valence-electron chi connectivity index (χ4n) is 3.27. The lowest BCUT2D eigenvalue weighted by Crippen LogP contribution is -2.35. The minimum absolute atomic E-state index is 0.111. The van der Waals surface area contributed by atoms with Crippen LogP contribution in [-0.2, 0) is 9.59 Å². The highest BCUT2D eigenvalue weighted by Crippen LogP contribution is 2.23. The van der Waals surface area contributed by atoms with Gasteiger partial charge in [-0.15, -0.1) is 0 Å². The standard InChI is InChI=1S/C18H34N2O3/c1-2-3-4-9-12-20-18(23)16-14-19-13-15(16)10-7-5-6-8-11-17(21)22/h15-16,19H,2-14H2,1H3,(H,20,23)(H,21,22). The van der Waals surface area contributed by atoms with E-state index in [0.29, 0.717) is 5.92 Å². The van der Waals surface area contributed by atoms with Crippen LogP contribution in [0, 0.1) is 11.8 Å². The number of aliphatic carboxylic acids is 1. The topological polar surface area (TPSA) is 78.4 Å². The number of carboxylic acid groups (broad SMARTS) is 1. The Labute approximate surface area is 140 Å². The van der Waals surface area contributed by atoms with Gasteiger partial charge in [0.15, 0.2) is 0 Å². The van der Waals surface area contributed by atoms with Crippen LogP contribution in [0.3, 0.4) is 0 Å². The van der Waals surface area contributed by atoms with Crippen LogP contribution in [0.15, 0.2) is 0 Å². The lowest BCUT2D eigenvalue weighted by atomic mass is 9.90. The van der Waals surface area contributed by atoms with E-state index in [1.807, 2.05) is 0 Å². The predicted octanol–water partition coefficient (Wildman–Crippen LogP) is 2.94. The Balaban J connectivity index is 2.12. The van der Waals surface area contributed by atoms with Crippen LogP contribution < -0.4 is 10.6 Å². The number of rotatable bonds is 13. The molecule has 0 radical (unpaired) electrons. The Hall–Kier alpha value is -1.10. The molecule has 1 rings (SSSR count). The van der Waals surface area contributed by atoms with Gasteiger partial charge in [-0.1, -0.05) is 45.4 Å². The fraction of sp³-hybridized carbons (Fsp3) is 0.889. The average molecular weight is 326 g/mol. The Bertz CT molecular complexity index is 347. The van der Waals surface area contributed by atoms with Crippen molar-refractivity contribution in [1.82, 2.24) is 10.6 Å². The second kappa shape index (κ2) is 12.3. The summed E-state index contributed by atoms with van der Waals surface area (Å²) in [5, 5.41) is 15.0. The summed E-state index contributed by atoms with van der Waals surface area (Å²) in [4.78, 5) is 22.7. The highest BCUT2D eigenvalue weighted by molar-refractivity contribution is 5.79. The van der Waals surface area contributed by atoms with Crippen LogP contribution in [0.5, 0.6) is 0 Å². The van der Waals surface area contributed by atoms with Crippen molar-refractivity contribution in [3.63, 3.8) is 0 Å². The lowest BCUT2D eigenvalue weighted by molar-refractivity contribution is -0.137. The number of hydrogen-bond donors (Lipinski definition) is 3. The number of amides is 1. The van der Waals surface area contributed by atoms with Gasteiger partial charge in [0.25, 0.3) is 0 Å². The first-order chi connectivity index (χ1) is 11.1. The van der Waals surface area contributed by atoms with Crippen molar-refractivity contribution in [3.05, 3.63) is 0 Å². The molecule has 5 nitrogen and oxygen atoms in total. The highest BCUT2D eigenvalue weighted by Gasteiger charge is 2.31. The molecule has 0 bridgehead atoms. The lowest BCUT2D eigenvalue weighted by Gasteiger charge is -2.18. The van der Waals surface area contributed by atoms with E-state index in [-0.39, 0.29) is 18.2 Å². The van der Waals surface area contributed by atoms with Gasteiger partial charge in [0, 0.05) is 19.5 Å². The summed E-state index contributed by atoms with van der Waals surface area (Å²) < 4.78 is 0. The van der Waals surface area contributed by atoms with Crippen LogP contribution in [-0.4, -0.2) is 36.6 Å². The molecule has 1 saturated heterocycles. The second-order valence-electron chi connectivity index (χ2n) is 6.72. The maximum Gasteiger partial charge on any atom is 0.303 e. The van der Waals surface area contributed by atoms with E-state index >= 15 is 0 Å². The van der Waals surface area contributed by atoms with Crippen molar-refractivity contribution >= 4 is 11.9 Å². The predicted molar refractivity (Wildman–Crippen MR) is 92.3 cm³/mol. The first-order valence-corrected chi connectivity index (χ1v) is 9.35. The van der Waals surface area contributed by atoms with E-state index in [9.17, 15) is 9.59 Å². The molecule has 1 fully saturated rings. The zero-order valence-corrected chi connectivity index (χ0v) is 14.6. The Morgan fingerprint density at radius 1 is 1.04 bits per heavy atom. The third kappa shape index (κ3) is 8.94. The van der Waals surface area contributed by atoms with E-state index in [0.717, 1.165) is 58.2 Å². The number of carboxylic acids is 1. The van der Waals surface area contributed by atoms with Crippen molar-refractivity contribution < 1.29 is 14.7 Å². The van der Waals surface area contributed by atoms with Crippen molar-refractivity contribution in [2.75, 3.05) is 19.6 Å². The smallest absolute Gasteiger partial charge is 0.303 e. The summed E-state index contributed by atoms with van der Waals surface area (Å²) in [5.41, 5.74) is 0. The maximum atomic E-state index is 12.3. The molecular formula is C18H34N2O3. The van der Waals surface area contributed by atoms with Gasteiger partial charge in [0.1, 0.15) is 0 Å². The van der Waals surface area contributed by atoms with Gasteiger partial charge >= 0.3 is 5.97 Å². The number of hydrogen-bond acceptors (Lipinski definition) is 3. The van der Waals surface area contributed by atoms with Gasteiger partial charge in [-0.25, -0.2) is 0 Å². The van der Waals surface area contributed by atoms with E-state index < -0.39 is 5.97 Å². The zero-order chi connectivity index (χ0) is 16.9. The summed E-state index contributed by atoms with van der Waals surface area (Å²) in [5.74, 6) is 0.0494. The minimum Gasteiger partial charge on any atom is -0.481 e. The molecule has 0 aromatic rings. The summed E-state index contributed by atoms with van der Waals surface area (Å²) in [6, 6.07) is 0. The van der Waals surface area contributed by atoms with Gasteiger partial charge in [0.05, 0.1) is 5.92 Å². The molecule has 1 amide bonds. The summed E-state index contributed by atoms with van der Waals surface area (Å²) >= 11 is 0. The van der Waals surface area contributed by atoms with Crippen LogP contribution in [0.2, 0.25) is 0 Å². The van der Waals surface area contributed by atoms with Gasteiger partial charge in [-0.2, -0.15) is 0 Å². The molecule has 0 aromatic heterocycles. The molecule has 0 aromatic carbocycles. The molecule has 2 unspecified atom stereocenters. The molecule has 0 spiro atoms. The highest BCUT2D eigenvalue weighted by atomic mass is 16.4. The molecule has 134 valence electrons. The van der Waals surface area contributed by atoms with Crippen LogP contribution in [0.4, 0.5) is 0 Å². The molecule has 3 N–H and O–H groups in total. The zero-order valence-electron chi connectivity index (χ0n) is 14.6. The summed E-state index contributed by atoms with van der Waals surface area (Å²) in [6.45, 7) is 4.72. The molecule has 2 atom stereocenters. The quantitative estimate of drug-likeness (QED) is 0.455. The monoisotopic (exact) mass is 326 g/mol. The van der Waals surface area contributed by atoms with E-state index in [2.05, 4.69) is 17.6 Å². The minimum atomic E-state index is -0.708. The van der Waals surface area contributed by atoms with Crippen LogP contribution in [0.25, 0.3) is 0 Å². The van der Waals surface area contributed by atoms with Crippen molar-refractivity contribution in [2.24, 2.45) is 11.8 Å². The number of unbranched alkanes of at least 4 members (excludes halogenated alkanes) is 6. The van der Waals surface area contributed by atoms with Crippen LogP contribution >= 0.6 is 0 Å². The maximum absolute atomic E-state index is 12.3. The van der Waals surface area contributed by atoms with Crippen molar-refractivity contribution in [2.45, 2.75) is 71.1 Å². The molecule has 5 heteroatoms. The SMILES string of the molecule is CCCCCCNC(=O)C1CNCC1CCCCCCC(=O)O. The van der Waals surface area contributed by atoms with Gasteiger partial charge < -0.3 is 15.7 Å². The molecule has 1 aliphatic heterocycles. The molecule has 1 aliphatic rings. The Kier molecular flexibility index (Phi) is 10.7. The Morgan fingerprint density at radius 2 is 1.78 bits per heavy atom.